The van der Waals surface area contributed by atoms with E-state index in [1.54, 1.807) is 0 Å². The molecule has 0 saturated carbocycles. The van der Waals surface area contributed by atoms with Crippen molar-refractivity contribution in [1.82, 2.24) is 0 Å². The first-order valence-electron chi connectivity index (χ1n) is 3.13. The van der Waals surface area contributed by atoms with E-state index in [1.807, 2.05) is 12.2 Å². The molecule has 2 rings (SSSR count). The largest absolute Gasteiger partial charge is 0.176 e. The van der Waals surface area contributed by atoms with Gasteiger partial charge in [-0.05, 0) is 34.7 Å². The van der Waals surface area contributed by atoms with Gasteiger partial charge in [0.05, 0.1) is 0 Å². The topological polar surface area (TPSA) is 24.7 Å². The maximum Gasteiger partial charge on any atom is 0.129 e. The molecule has 1 aliphatic heterocycles. The summed E-state index contributed by atoms with van der Waals surface area (Å²) in [5, 5.41) is 8.05. The highest BCUT2D eigenvalue weighted by atomic mass is 127. The van der Waals surface area contributed by atoms with Crippen molar-refractivity contribution in [2.45, 2.75) is 6.04 Å². The molecular weight excluding hydrogens is 319 g/mol. The number of halogens is 2. The average Bonchev–Trinajstić information content (AvgIpc) is 2.33. The fraction of sp³-hybridized carbons (Fsp3) is 0.143. The molecule has 0 aromatic heterocycles. The Morgan fingerprint density at radius 2 is 2.36 bits per heavy atom. The van der Waals surface area contributed by atoms with Crippen molar-refractivity contribution in [1.29, 1.82) is 0 Å². The van der Waals surface area contributed by atoms with Crippen LogP contribution >= 0.6 is 38.5 Å². The third-order valence-corrected chi connectivity index (χ3v) is 2.89. The summed E-state index contributed by atoms with van der Waals surface area (Å²) in [6, 6.07) is 0.170. The summed E-state index contributed by atoms with van der Waals surface area (Å²) >= 11 is 5.60. The molecule has 1 heterocycles. The van der Waals surface area contributed by atoms with Crippen LogP contribution in [0.3, 0.4) is 0 Å². The smallest absolute Gasteiger partial charge is 0.129 e. The van der Waals surface area contributed by atoms with Gasteiger partial charge in [0.25, 0.3) is 0 Å². The Kier molecular flexibility index (Phi) is 1.97. The Morgan fingerprint density at radius 1 is 1.55 bits per heavy atom. The molecule has 1 atom stereocenters. The summed E-state index contributed by atoms with van der Waals surface area (Å²) in [6.45, 7) is 0. The first-order valence-corrected chi connectivity index (χ1v) is 5.00. The second kappa shape index (κ2) is 2.82. The minimum atomic E-state index is 0.170. The Bertz CT molecular complexity index is 314. The van der Waals surface area contributed by atoms with Crippen LogP contribution in [0.15, 0.2) is 42.2 Å². The lowest BCUT2D eigenvalue weighted by molar-refractivity contribution is 0.944. The van der Waals surface area contributed by atoms with Crippen LogP contribution in [0.4, 0.5) is 0 Å². The fourth-order valence-electron chi connectivity index (χ4n) is 1.02. The van der Waals surface area contributed by atoms with E-state index in [2.05, 4.69) is 54.8 Å². The van der Waals surface area contributed by atoms with Gasteiger partial charge in [0.15, 0.2) is 0 Å². The number of allylic oxidation sites excluding steroid dienone is 2. The van der Waals surface area contributed by atoms with Gasteiger partial charge in [-0.2, -0.15) is 5.11 Å². The molecule has 0 spiro atoms. The van der Waals surface area contributed by atoms with E-state index >= 15 is 0 Å². The fourth-order valence-corrected chi connectivity index (χ4v) is 2.02. The molecule has 11 heavy (non-hydrogen) atoms. The minimum absolute atomic E-state index is 0.170. The van der Waals surface area contributed by atoms with Crippen LogP contribution in [0.5, 0.6) is 0 Å². The molecule has 0 aromatic rings. The van der Waals surface area contributed by atoms with Gasteiger partial charge in [0, 0.05) is 10.1 Å². The van der Waals surface area contributed by atoms with Gasteiger partial charge in [0.2, 0.25) is 0 Å². The predicted molar refractivity (Wildman–Crippen MR) is 55.8 cm³/mol. The van der Waals surface area contributed by atoms with Crippen LogP contribution in [0.2, 0.25) is 0 Å². The monoisotopic (exact) mass is 322 g/mol. The van der Waals surface area contributed by atoms with Crippen LogP contribution in [-0.2, 0) is 0 Å². The van der Waals surface area contributed by atoms with Crippen LogP contribution < -0.4 is 0 Å². The number of azo groups is 1. The maximum atomic E-state index is 4.06. The molecule has 0 N–H and O–H groups in total. The molecule has 1 aliphatic carbocycles. The van der Waals surface area contributed by atoms with E-state index in [1.165, 1.54) is 5.57 Å². The molecule has 2 aliphatic rings. The average molecular weight is 323 g/mol. The van der Waals surface area contributed by atoms with Crippen LogP contribution in [0.25, 0.3) is 0 Å². The maximum absolute atomic E-state index is 4.06. The van der Waals surface area contributed by atoms with Crippen molar-refractivity contribution in [2.24, 2.45) is 10.2 Å². The lowest BCUT2D eigenvalue weighted by atomic mass is 10.1. The zero-order chi connectivity index (χ0) is 7.84. The highest BCUT2D eigenvalue weighted by Gasteiger charge is 2.20. The summed E-state index contributed by atoms with van der Waals surface area (Å²) in [6.07, 6.45) is 6.10. The van der Waals surface area contributed by atoms with Gasteiger partial charge < -0.3 is 0 Å². The molecule has 56 valence electrons. The zero-order valence-electron chi connectivity index (χ0n) is 5.46. The number of fused-ring (bicyclic) bond motifs is 1. The Morgan fingerprint density at radius 3 is 3.18 bits per heavy atom. The molecular formula is C7H4BrIN2. The second-order valence-electron chi connectivity index (χ2n) is 2.29. The molecule has 0 bridgehead atoms. The van der Waals surface area contributed by atoms with Crippen molar-refractivity contribution in [2.75, 3.05) is 0 Å². The van der Waals surface area contributed by atoms with Crippen LogP contribution in [-0.4, -0.2) is 6.04 Å². The van der Waals surface area contributed by atoms with Gasteiger partial charge in [-0.1, -0.05) is 22.0 Å². The lowest BCUT2D eigenvalue weighted by Crippen LogP contribution is -2.02. The zero-order valence-corrected chi connectivity index (χ0v) is 9.20. The number of rotatable bonds is 0. The second-order valence-corrected chi connectivity index (χ2v) is 4.23. The Hall–Kier alpha value is 0.0300. The summed E-state index contributed by atoms with van der Waals surface area (Å²) in [5.74, 6) is 0. The summed E-state index contributed by atoms with van der Waals surface area (Å²) in [7, 11) is 0. The molecule has 0 aromatic carbocycles. The van der Waals surface area contributed by atoms with Crippen molar-refractivity contribution >= 4 is 38.5 Å². The first-order chi connectivity index (χ1) is 5.27. The van der Waals surface area contributed by atoms with E-state index in [0.29, 0.717) is 0 Å². The van der Waals surface area contributed by atoms with E-state index in [-0.39, 0.29) is 6.04 Å². The molecule has 0 amide bonds. The minimum Gasteiger partial charge on any atom is -0.176 e. The summed E-state index contributed by atoms with van der Waals surface area (Å²) in [5.41, 5.74) is 1.19. The molecule has 0 radical (unpaired) electrons. The van der Waals surface area contributed by atoms with Crippen molar-refractivity contribution in [3.05, 3.63) is 32.0 Å². The lowest BCUT2D eigenvalue weighted by Gasteiger charge is -2.07. The molecule has 0 saturated heterocycles. The molecule has 0 fully saturated rings. The summed E-state index contributed by atoms with van der Waals surface area (Å²) < 4.78 is 2.08. The quantitative estimate of drug-likeness (QED) is 0.483. The van der Waals surface area contributed by atoms with Gasteiger partial charge in [-0.15, -0.1) is 5.11 Å². The van der Waals surface area contributed by atoms with Crippen molar-refractivity contribution in [3.63, 3.8) is 0 Å². The molecule has 0 unspecified atom stereocenters. The number of nitrogens with zero attached hydrogens (tertiary/aromatic N) is 2. The van der Waals surface area contributed by atoms with Gasteiger partial charge >= 0.3 is 0 Å². The molecule has 2 nitrogen and oxygen atoms in total. The van der Waals surface area contributed by atoms with E-state index in [9.17, 15) is 0 Å². The first kappa shape index (κ1) is 7.67. The number of hydrogen-bond acceptors (Lipinski definition) is 2. The van der Waals surface area contributed by atoms with E-state index in [4.69, 9.17) is 0 Å². The van der Waals surface area contributed by atoms with E-state index < -0.39 is 0 Å². The Labute approximate surface area is 86.4 Å². The number of hydrogen-bond donors (Lipinski definition) is 0. The molecule has 4 heteroatoms. The van der Waals surface area contributed by atoms with Gasteiger partial charge in [-0.3, -0.25) is 0 Å². The normalized spacial score (nSPS) is 27.5. The van der Waals surface area contributed by atoms with Crippen molar-refractivity contribution < 1.29 is 0 Å². The van der Waals surface area contributed by atoms with Crippen molar-refractivity contribution in [3.8, 4) is 0 Å². The van der Waals surface area contributed by atoms with Gasteiger partial charge in [-0.25, -0.2) is 0 Å². The van der Waals surface area contributed by atoms with Crippen LogP contribution in [0, 0.1) is 0 Å². The third-order valence-electron chi connectivity index (χ3n) is 1.56. The Balaban J connectivity index is 2.46. The summed E-state index contributed by atoms with van der Waals surface area (Å²) in [4.78, 5) is 0. The standard InChI is InChI=1S/C7H4BrIN2/c8-4-1-2-6-5(3-4)7(9)11-10-6/h1-3,6H/t6-/m1/s1. The third kappa shape index (κ3) is 1.33. The predicted octanol–water partition coefficient (Wildman–Crippen LogP) is 3.32. The van der Waals surface area contributed by atoms with Gasteiger partial charge in [0.1, 0.15) is 9.75 Å². The SMILES string of the molecule is BrC1=CC2=C(I)N=N[C@@H]2C=C1. The van der Waals surface area contributed by atoms with Crippen LogP contribution in [0.1, 0.15) is 0 Å². The van der Waals surface area contributed by atoms with E-state index in [0.717, 1.165) is 8.19 Å². The highest BCUT2D eigenvalue weighted by molar-refractivity contribution is 14.1. The highest BCUT2D eigenvalue weighted by Crippen LogP contribution is 2.33.